The van der Waals surface area contributed by atoms with E-state index >= 15 is 0 Å². The maximum absolute atomic E-state index is 11.8. The summed E-state index contributed by atoms with van der Waals surface area (Å²) in [4.78, 5) is 11.8. The highest BCUT2D eigenvalue weighted by atomic mass is 32.2. The highest BCUT2D eigenvalue weighted by molar-refractivity contribution is 7.98. The molecule has 1 aromatic heterocycles. The molecule has 1 aliphatic rings. The van der Waals surface area contributed by atoms with Crippen molar-refractivity contribution in [3.05, 3.63) is 21.6 Å². The Hall–Kier alpha value is -0.640. The van der Waals surface area contributed by atoms with Gasteiger partial charge >= 0.3 is 0 Å². The van der Waals surface area contributed by atoms with Crippen LogP contribution < -0.4 is 5.56 Å². The van der Waals surface area contributed by atoms with E-state index in [1.54, 1.807) is 4.68 Å². The van der Waals surface area contributed by atoms with Crippen molar-refractivity contribution in [2.45, 2.75) is 37.8 Å². The van der Waals surface area contributed by atoms with Gasteiger partial charge < -0.3 is 0 Å². The molecule has 0 saturated heterocycles. The highest BCUT2D eigenvalue weighted by Crippen LogP contribution is 2.26. The van der Waals surface area contributed by atoms with Crippen molar-refractivity contribution in [2.24, 2.45) is 0 Å². The third kappa shape index (κ3) is 1.33. The molecular formula is C9H14N2OS. The largest absolute Gasteiger partial charge is 0.298 e. The Balaban J connectivity index is 2.45. The molecule has 72 valence electrons. The normalized spacial score (nSPS) is 17.4. The molecule has 1 unspecified atom stereocenters. The van der Waals surface area contributed by atoms with Crippen LogP contribution in [-0.2, 0) is 11.5 Å². The molecule has 0 aliphatic carbocycles. The van der Waals surface area contributed by atoms with Gasteiger partial charge in [-0.3, -0.25) is 9.89 Å². The summed E-state index contributed by atoms with van der Waals surface area (Å²) in [7, 11) is 0. The first-order chi connectivity index (χ1) is 6.24. The van der Waals surface area contributed by atoms with Crippen molar-refractivity contribution >= 4 is 11.8 Å². The molecule has 3 nitrogen and oxygen atoms in total. The van der Waals surface area contributed by atoms with E-state index in [1.807, 2.05) is 11.8 Å². The van der Waals surface area contributed by atoms with Crippen LogP contribution in [0.4, 0.5) is 0 Å². The van der Waals surface area contributed by atoms with Crippen molar-refractivity contribution < 1.29 is 0 Å². The SMILES string of the molecule is CCC(C)n1[nH]c2c(c1=O)CSC2. The number of rotatable bonds is 2. The first kappa shape index (κ1) is 8.94. The minimum Gasteiger partial charge on any atom is -0.298 e. The summed E-state index contributed by atoms with van der Waals surface area (Å²) in [6.07, 6.45) is 0.993. The van der Waals surface area contributed by atoms with E-state index in [0.717, 1.165) is 29.2 Å². The van der Waals surface area contributed by atoms with Crippen LogP contribution in [0.5, 0.6) is 0 Å². The maximum atomic E-state index is 11.8. The quantitative estimate of drug-likeness (QED) is 0.788. The number of aromatic nitrogens is 2. The molecule has 0 fully saturated rings. The van der Waals surface area contributed by atoms with Gasteiger partial charge in [-0.05, 0) is 13.3 Å². The molecule has 13 heavy (non-hydrogen) atoms. The van der Waals surface area contributed by atoms with Gasteiger partial charge in [-0.1, -0.05) is 6.92 Å². The lowest BCUT2D eigenvalue weighted by atomic mass is 10.2. The van der Waals surface area contributed by atoms with Gasteiger partial charge in [-0.25, -0.2) is 4.68 Å². The number of hydrogen-bond acceptors (Lipinski definition) is 2. The smallest absolute Gasteiger partial charge is 0.271 e. The van der Waals surface area contributed by atoms with Crippen molar-refractivity contribution in [2.75, 3.05) is 0 Å². The third-order valence-electron chi connectivity index (χ3n) is 2.62. The van der Waals surface area contributed by atoms with Gasteiger partial charge in [-0.15, -0.1) is 0 Å². The molecule has 1 N–H and O–H groups in total. The molecule has 0 saturated carbocycles. The van der Waals surface area contributed by atoms with Crippen LogP contribution in [0.2, 0.25) is 0 Å². The summed E-state index contributed by atoms with van der Waals surface area (Å²) in [6.45, 7) is 4.16. The minimum absolute atomic E-state index is 0.189. The Bertz CT molecular complexity index is 366. The van der Waals surface area contributed by atoms with Crippen LogP contribution in [0.3, 0.4) is 0 Å². The van der Waals surface area contributed by atoms with Crippen LogP contribution in [0, 0.1) is 0 Å². The monoisotopic (exact) mass is 198 g/mol. The molecular weight excluding hydrogens is 184 g/mol. The van der Waals surface area contributed by atoms with E-state index < -0.39 is 0 Å². The standard InChI is InChI=1S/C9H14N2OS/c1-3-6(2)11-9(12)7-4-13-5-8(7)10-11/h6,10H,3-5H2,1-2H3. The average molecular weight is 198 g/mol. The van der Waals surface area contributed by atoms with Crippen LogP contribution in [0.25, 0.3) is 0 Å². The zero-order chi connectivity index (χ0) is 9.42. The minimum atomic E-state index is 0.189. The van der Waals surface area contributed by atoms with Crippen molar-refractivity contribution in [3.8, 4) is 0 Å². The maximum Gasteiger partial charge on any atom is 0.271 e. The second kappa shape index (κ2) is 3.25. The summed E-state index contributed by atoms with van der Waals surface area (Å²) < 4.78 is 1.77. The number of nitrogens with zero attached hydrogens (tertiary/aromatic N) is 1. The zero-order valence-electron chi connectivity index (χ0n) is 7.96. The van der Waals surface area contributed by atoms with Gasteiger partial charge in [0.2, 0.25) is 0 Å². The zero-order valence-corrected chi connectivity index (χ0v) is 8.78. The molecule has 1 aromatic rings. The number of fused-ring (bicyclic) bond motifs is 1. The van der Waals surface area contributed by atoms with E-state index in [1.165, 1.54) is 0 Å². The van der Waals surface area contributed by atoms with Gasteiger partial charge in [-0.2, -0.15) is 11.8 Å². The summed E-state index contributed by atoms with van der Waals surface area (Å²) in [5, 5.41) is 3.20. The lowest BCUT2D eigenvalue weighted by Gasteiger charge is -2.08. The van der Waals surface area contributed by atoms with Crippen molar-refractivity contribution in [1.29, 1.82) is 0 Å². The molecule has 0 amide bonds. The van der Waals surface area contributed by atoms with Gasteiger partial charge in [0.1, 0.15) is 0 Å². The number of H-pyrrole nitrogens is 1. The molecule has 0 radical (unpaired) electrons. The van der Waals surface area contributed by atoms with Crippen LogP contribution in [0.15, 0.2) is 4.79 Å². The Kier molecular flexibility index (Phi) is 2.24. The highest BCUT2D eigenvalue weighted by Gasteiger charge is 2.20. The number of hydrogen-bond donors (Lipinski definition) is 1. The predicted octanol–water partition coefficient (Wildman–Crippen LogP) is 1.89. The fraction of sp³-hybridized carbons (Fsp3) is 0.667. The van der Waals surface area contributed by atoms with E-state index in [9.17, 15) is 4.79 Å². The topological polar surface area (TPSA) is 37.8 Å². The fourth-order valence-electron chi connectivity index (χ4n) is 1.55. The second-order valence-electron chi connectivity index (χ2n) is 3.49. The van der Waals surface area contributed by atoms with E-state index in [4.69, 9.17) is 0 Å². The van der Waals surface area contributed by atoms with Gasteiger partial charge in [0.05, 0.1) is 17.3 Å². The van der Waals surface area contributed by atoms with Gasteiger partial charge in [0.25, 0.3) is 5.56 Å². The Morgan fingerprint density at radius 2 is 2.38 bits per heavy atom. The summed E-state index contributed by atoms with van der Waals surface area (Å²) in [6, 6.07) is 0.295. The van der Waals surface area contributed by atoms with Crippen LogP contribution in [-0.4, -0.2) is 9.78 Å². The summed E-state index contributed by atoms with van der Waals surface area (Å²) >= 11 is 1.81. The van der Waals surface area contributed by atoms with Gasteiger partial charge in [0, 0.05) is 11.5 Å². The first-order valence-corrected chi connectivity index (χ1v) is 5.79. The fourth-order valence-corrected chi connectivity index (χ4v) is 2.60. The number of nitrogens with one attached hydrogen (secondary N) is 1. The van der Waals surface area contributed by atoms with Crippen molar-refractivity contribution in [3.63, 3.8) is 0 Å². The second-order valence-corrected chi connectivity index (χ2v) is 4.48. The predicted molar refractivity (Wildman–Crippen MR) is 55.1 cm³/mol. The lowest BCUT2D eigenvalue weighted by Crippen LogP contribution is -2.21. The number of thioether (sulfide) groups is 1. The van der Waals surface area contributed by atoms with Crippen LogP contribution >= 0.6 is 11.8 Å². The Morgan fingerprint density at radius 1 is 1.62 bits per heavy atom. The molecule has 0 aromatic carbocycles. The Labute approximate surface area is 81.5 Å². The summed E-state index contributed by atoms with van der Waals surface area (Å²) in [5.74, 6) is 1.85. The molecule has 2 rings (SSSR count). The van der Waals surface area contributed by atoms with Crippen molar-refractivity contribution in [1.82, 2.24) is 9.78 Å². The van der Waals surface area contributed by atoms with Gasteiger partial charge in [0.15, 0.2) is 0 Å². The molecule has 2 heterocycles. The molecule has 1 atom stereocenters. The average Bonchev–Trinajstić information content (AvgIpc) is 2.68. The summed E-state index contributed by atoms with van der Waals surface area (Å²) in [5.41, 5.74) is 2.31. The first-order valence-electron chi connectivity index (χ1n) is 4.64. The van der Waals surface area contributed by atoms with Crippen LogP contribution in [0.1, 0.15) is 37.6 Å². The number of aromatic amines is 1. The Morgan fingerprint density at radius 3 is 3.00 bits per heavy atom. The molecule has 0 spiro atoms. The lowest BCUT2D eigenvalue weighted by molar-refractivity contribution is 0.462. The molecule has 0 bridgehead atoms. The third-order valence-corrected chi connectivity index (χ3v) is 3.61. The van der Waals surface area contributed by atoms with E-state index in [2.05, 4.69) is 18.9 Å². The molecule has 1 aliphatic heterocycles. The van der Waals surface area contributed by atoms with E-state index in [-0.39, 0.29) is 5.56 Å². The van der Waals surface area contributed by atoms with E-state index in [0.29, 0.717) is 6.04 Å². The molecule has 4 heteroatoms.